The van der Waals surface area contributed by atoms with Gasteiger partial charge in [0.15, 0.2) is 0 Å². The highest BCUT2D eigenvalue weighted by Gasteiger charge is 2.35. The number of rotatable bonds is 12. The van der Waals surface area contributed by atoms with Crippen LogP contribution in [-0.4, -0.2) is 43.8 Å². The lowest BCUT2D eigenvalue weighted by atomic mass is 10.0. The van der Waals surface area contributed by atoms with E-state index in [1.54, 1.807) is 24.3 Å². The van der Waals surface area contributed by atoms with Crippen LogP contribution in [0.1, 0.15) is 30.5 Å². The van der Waals surface area contributed by atoms with Gasteiger partial charge in [-0.1, -0.05) is 108 Å². The average molecular weight is 653 g/mol. The minimum atomic E-state index is -4.29. The third-order valence-electron chi connectivity index (χ3n) is 6.99. The summed E-state index contributed by atoms with van der Waals surface area (Å²) in [4.78, 5) is 29.6. The molecule has 44 heavy (non-hydrogen) atoms. The minimum Gasteiger partial charge on any atom is -0.352 e. The number of nitrogens with zero attached hydrogens (tertiary/aromatic N) is 2. The topological polar surface area (TPSA) is 86.8 Å². The number of sulfonamides is 1. The van der Waals surface area contributed by atoms with E-state index >= 15 is 0 Å². The standard InChI is InChI=1S/C34H35Cl2N3O4S/c1-24(2)37-34(41)31(21-26-11-6-4-7-12-26)38(22-27-13-8-5-9-14-27)32(40)23-39(30-16-10-15-29(35)33(30)36)44(42,43)28-19-17-25(3)18-20-28/h4-20,24,31H,21-23H2,1-3H3,(H,37,41)/t31-/m0/s1. The van der Waals surface area contributed by atoms with E-state index in [2.05, 4.69) is 5.32 Å². The van der Waals surface area contributed by atoms with Gasteiger partial charge in [-0.3, -0.25) is 13.9 Å². The molecule has 7 nitrogen and oxygen atoms in total. The van der Waals surface area contributed by atoms with Crippen LogP contribution in [0.4, 0.5) is 5.69 Å². The van der Waals surface area contributed by atoms with Crippen molar-refractivity contribution in [1.82, 2.24) is 10.2 Å². The van der Waals surface area contributed by atoms with Gasteiger partial charge in [0.2, 0.25) is 11.8 Å². The monoisotopic (exact) mass is 651 g/mol. The molecule has 2 amide bonds. The van der Waals surface area contributed by atoms with Crippen molar-refractivity contribution >= 4 is 50.7 Å². The summed E-state index contributed by atoms with van der Waals surface area (Å²) >= 11 is 12.9. The van der Waals surface area contributed by atoms with Crippen LogP contribution in [0, 0.1) is 6.92 Å². The number of carbonyl (C=O) groups is 2. The molecule has 0 saturated carbocycles. The molecule has 0 aliphatic carbocycles. The lowest BCUT2D eigenvalue weighted by molar-refractivity contribution is -0.140. The molecule has 0 spiro atoms. The zero-order valence-electron chi connectivity index (χ0n) is 24.8. The molecule has 0 bridgehead atoms. The Bertz CT molecular complexity index is 1680. The first kappa shape index (κ1) is 33.1. The molecule has 0 saturated heterocycles. The van der Waals surface area contributed by atoms with Gasteiger partial charge in [0.25, 0.3) is 10.0 Å². The Labute approximate surface area is 269 Å². The highest BCUT2D eigenvalue weighted by molar-refractivity contribution is 7.92. The highest BCUT2D eigenvalue weighted by Crippen LogP contribution is 2.35. The predicted octanol–water partition coefficient (Wildman–Crippen LogP) is 6.66. The van der Waals surface area contributed by atoms with Crippen LogP contribution in [0.25, 0.3) is 0 Å². The first-order valence-electron chi connectivity index (χ1n) is 14.2. The second-order valence-corrected chi connectivity index (χ2v) is 13.4. The predicted molar refractivity (Wildman–Crippen MR) is 176 cm³/mol. The zero-order chi connectivity index (χ0) is 31.9. The summed E-state index contributed by atoms with van der Waals surface area (Å²) in [6, 6.07) is 28.5. The van der Waals surface area contributed by atoms with Crippen LogP contribution >= 0.6 is 23.2 Å². The van der Waals surface area contributed by atoms with E-state index in [4.69, 9.17) is 23.2 Å². The Morgan fingerprint density at radius 3 is 1.98 bits per heavy atom. The molecule has 4 rings (SSSR count). The Balaban J connectivity index is 1.82. The summed E-state index contributed by atoms with van der Waals surface area (Å²) in [6.07, 6.45) is 0.223. The summed E-state index contributed by atoms with van der Waals surface area (Å²) in [5.74, 6) is -0.928. The van der Waals surface area contributed by atoms with E-state index in [0.29, 0.717) is 0 Å². The van der Waals surface area contributed by atoms with E-state index < -0.39 is 28.5 Å². The van der Waals surface area contributed by atoms with Crippen molar-refractivity contribution in [2.24, 2.45) is 0 Å². The van der Waals surface area contributed by atoms with Gasteiger partial charge < -0.3 is 10.2 Å². The van der Waals surface area contributed by atoms with Crippen molar-refractivity contribution in [3.05, 3.63) is 130 Å². The van der Waals surface area contributed by atoms with Crippen LogP contribution in [0.15, 0.2) is 108 Å². The van der Waals surface area contributed by atoms with Gasteiger partial charge in [0, 0.05) is 19.0 Å². The normalized spacial score (nSPS) is 12.0. The number of halogens is 2. The summed E-state index contributed by atoms with van der Waals surface area (Å²) in [5.41, 5.74) is 2.56. The molecule has 0 unspecified atom stereocenters. The molecule has 1 atom stereocenters. The number of hydrogen-bond acceptors (Lipinski definition) is 4. The molecular weight excluding hydrogens is 617 g/mol. The number of nitrogens with one attached hydrogen (secondary N) is 1. The van der Waals surface area contributed by atoms with Gasteiger partial charge >= 0.3 is 0 Å². The van der Waals surface area contributed by atoms with Gasteiger partial charge in [0.05, 0.1) is 20.6 Å². The molecule has 0 aliphatic heterocycles. The lowest BCUT2D eigenvalue weighted by Crippen LogP contribution is -2.54. The molecule has 0 radical (unpaired) electrons. The van der Waals surface area contributed by atoms with Crippen molar-refractivity contribution < 1.29 is 18.0 Å². The van der Waals surface area contributed by atoms with E-state index in [9.17, 15) is 18.0 Å². The molecule has 4 aromatic carbocycles. The zero-order valence-corrected chi connectivity index (χ0v) is 27.1. The second kappa shape index (κ2) is 14.8. The van der Waals surface area contributed by atoms with Crippen molar-refractivity contribution in [1.29, 1.82) is 0 Å². The Kier molecular flexibility index (Phi) is 11.1. The van der Waals surface area contributed by atoms with Crippen molar-refractivity contribution in [2.45, 2.75) is 50.7 Å². The number of anilines is 1. The summed E-state index contributed by atoms with van der Waals surface area (Å²) in [5, 5.41) is 3.07. The molecule has 230 valence electrons. The molecule has 0 aliphatic rings. The van der Waals surface area contributed by atoms with Crippen LogP contribution < -0.4 is 9.62 Å². The summed E-state index contributed by atoms with van der Waals surface area (Å²) in [6.45, 7) is 4.99. The number of carbonyl (C=O) groups excluding carboxylic acids is 2. The van der Waals surface area contributed by atoms with Gasteiger partial charge in [-0.15, -0.1) is 0 Å². The summed E-state index contributed by atoms with van der Waals surface area (Å²) < 4.78 is 29.2. The lowest BCUT2D eigenvalue weighted by Gasteiger charge is -2.34. The fourth-order valence-electron chi connectivity index (χ4n) is 4.75. The second-order valence-electron chi connectivity index (χ2n) is 10.8. The maximum atomic E-state index is 14.4. The van der Waals surface area contributed by atoms with Crippen molar-refractivity contribution in [2.75, 3.05) is 10.8 Å². The molecule has 1 N–H and O–H groups in total. The van der Waals surface area contributed by atoms with E-state index in [0.717, 1.165) is 21.0 Å². The molecule has 10 heteroatoms. The Hall–Kier alpha value is -3.85. The SMILES string of the molecule is Cc1ccc(S(=O)(=O)N(CC(=O)N(Cc2ccccc2)[C@@H](Cc2ccccc2)C(=O)NC(C)C)c2cccc(Cl)c2Cl)cc1. The van der Waals surface area contributed by atoms with E-state index in [-0.39, 0.29) is 45.5 Å². The van der Waals surface area contributed by atoms with Crippen LogP contribution in [0.3, 0.4) is 0 Å². The molecule has 0 heterocycles. The molecule has 0 aromatic heterocycles. The van der Waals surface area contributed by atoms with Gasteiger partial charge in [-0.05, 0) is 56.2 Å². The van der Waals surface area contributed by atoms with Gasteiger partial charge in [-0.25, -0.2) is 8.42 Å². The largest absolute Gasteiger partial charge is 0.352 e. The molecule has 0 fully saturated rings. The van der Waals surface area contributed by atoms with Crippen molar-refractivity contribution in [3.8, 4) is 0 Å². The van der Waals surface area contributed by atoms with Gasteiger partial charge in [0.1, 0.15) is 12.6 Å². The van der Waals surface area contributed by atoms with Crippen LogP contribution in [0.2, 0.25) is 10.0 Å². The Morgan fingerprint density at radius 1 is 0.795 bits per heavy atom. The van der Waals surface area contributed by atoms with E-state index in [1.807, 2.05) is 81.4 Å². The third kappa shape index (κ3) is 8.20. The number of hydrogen-bond donors (Lipinski definition) is 1. The molecule has 4 aromatic rings. The van der Waals surface area contributed by atoms with Crippen LogP contribution in [-0.2, 0) is 32.6 Å². The Morgan fingerprint density at radius 2 is 1.39 bits per heavy atom. The number of aryl methyl sites for hydroxylation is 1. The maximum absolute atomic E-state index is 14.4. The highest BCUT2D eigenvalue weighted by atomic mass is 35.5. The quantitative estimate of drug-likeness (QED) is 0.186. The van der Waals surface area contributed by atoms with Crippen LogP contribution in [0.5, 0.6) is 0 Å². The number of benzene rings is 4. The summed E-state index contributed by atoms with van der Waals surface area (Å²) in [7, 11) is -4.29. The third-order valence-corrected chi connectivity index (χ3v) is 9.57. The molecular formula is C34H35Cl2N3O4S. The first-order valence-corrected chi connectivity index (χ1v) is 16.4. The minimum absolute atomic E-state index is 0.00866. The van der Waals surface area contributed by atoms with Crippen molar-refractivity contribution in [3.63, 3.8) is 0 Å². The smallest absolute Gasteiger partial charge is 0.264 e. The fourth-order valence-corrected chi connectivity index (χ4v) is 6.62. The average Bonchev–Trinajstić information content (AvgIpc) is 3.00. The maximum Gasteiger partial charge on any atom is 0.264 e. The first-order chi connectivity index (χ1) is 21.0. The van der Waals surface area contributed by atoms with E-state index in [1.165, 1.54) is 23.1 Å². The number of amides is 2. The van der Waals surface area contributed by atoms with Gasteiger partial charge in [-0.2, -0.15) is 0 Å². The fraction of sp³-hybridized carbons (Fsp3) is 0.235.